The SMILES string of the molecule is O=[N+]([O-])c1cc(I)c2oc3ccccc3c2c1. The summed E-state index contributed by atoms with van der Waals surface area (Å²) >= 11 is 2.05. The van der Waals surface area contributed by atoms with E-state index >= 15 is 0 Å². The fourth-order valence-electron chi connectivity index (χ4n) is 1.88. The second kappa shape index (κ2) is 3.69. The number of benzene rings is 2. The summed E-state index contributed by atoms with van der Waals surface area (Å²) in [7, 11) is 0. The highest BCUT2D eigenvalue weighted by atomic mass is 127. The zero-order valence-electron chi connectivity index (χ0n) is 8.51. The van der Waals surface area contributed by atoms with Gasteiger partial charge in [-0.1, -0.05) is 18.2 Å². The number of nitrogens with zero attached hydrogens (tertiary/aromatic N) is 1. The molecule has 0 saturated heterocycles. The summed E-state index contributed by atoms with van der Waals surface area (Å²) in [5.74, 6) is 0. The Morgan fingerprint density at radius 3 is 2.71 bits per heavy atom. The first-order chi connectivity index (χ1) is 8.16. The monoisotopic (exact) mass is 339 g/mol. The van der Waals surface area contributed by atoms with Gasteiger partial charge in [-0.3, -0.25) is 10.1 Å². The van der Waals surface area contributed by atoms with E-state index < -0.39 is 0 Å². The maximum atomic E-state index is 10.8. The summed E-state index contributed by atoms with van der Waals surface area (Å²) in [5, 5.41) is 12.5. The normalized spacial score (nSPS) is 11.1. The van der Waals surface area contributed by atoms with Crippen molar-refractivity contribution in [3.05, 3.63) is 50.1 Å². The average molecular weight is 339 g/mol. The third kappa shape index (κ3) is 1.57. The Labute approximate surface area is 110 Å². The fraction of sp³-hybridized carbons (Fsp3) is 0. The molecule has 5 heteroatoms. The number of hydrogen-bond acceptors (Lipinski definition) is 3. The Kier molecular flexibility index (Phi) is 2.29. The lowest BCUT2D eigenvalue weighted by molar-refractivity contribution is -0.384. The Bertz CT molecular complexity index is 748. The van der Waals surface area contributed by atoms with Gasteiger partial charge < -0.3 is 4.42 Å². The van der Waals surface area contributed by atoms with Gasteiger partial charge in [0, 0.05) is 22.9 Å². The van der Waals surface area contributed by atoms with Crippen molar-refractivity contribution in [3.63, 3.8) is 0 Å². The molecule has 4 nitrogen and oxygen atoms in total. The quantitative estimate of drug-likeness (QED) is 0.381. The molecule has 0 atom stereocenters. The van der Waals surface area contributed by atoms with E-state index in [9.17, 15) is 10.1 Å². The highest BCUT2D eigenvalue weighted by molar-refractivity contribution is 14.1. The molecule has 0 fully saturated rings. The van der Waals surface area contributed by atoms with Gasteiger partial charge in [0.2, 0.25) is 0 Å². The van der Waals surface area contributed by atoms with E-state index in [0.29, 0.717) is 5.58 Å². The molecule has 0 aliphatic rings. The molecule has 0 unspecified atom stereocenters. The van der Waals surface area contributed by atoms with Crippen molar-refractivity contribution in [2.24, 2.45) is 0 Å². The lowest BCUT2D eigenvalue weighted by atomic mass is 10.1. The number of non-ortho nitro benzene ring substituents is 1. The summed E-state index contributed by atoms with van der Waals surface area (Å²) in [6.45, 7) is 0. The Morgan fingerprint density at radius 2 is 1.94 bits per heavy atom. The van der Waals surface area contributed by atoms with Gasteiger partial charge in [0.15, 0.2) is 0 Å². The largest absolute Gasteiger partial charge is 0.455 e. The zero-order chi connectivity index (χ0) is 12.0. The van der Waals surface area contributed by atoms with Crippen molar-refractivity contribution in [1.82, 2.24) is 0 Å². The van der Waals surface area contributed by atoms with Crippen LogP contribution in [0.25, 0.3) is 21.9 Å². The number of hydrogen-bond donors (Lipinski definition) is 0. The summed E-state index contributed by atoms with van der Waals surface area (Å²) in [6, 6.07) is 10.6. The summed E-state index contributed by atoms with van der Waals surface area (Å²) < 4.78 is 6.44. The lowest BCUT2D eigenvalue weighted by Crippen LogP contribution is -1.88. The molecule has 1 aromatic heterocycles. The van der Waals surface area contributed by atoms with Crippen LogP contribution >= 0.6 is 22.6 Å². The molecular weight excluding hydrogens is 333 g/mol. The molecule has 0 radical (unpaired) electrons. The maximum Gasteiger partial charge on any atom is 0.271 e. The fourth-order valence-corrected chi connectivity index (χ4v) is 2.60. The highest BCUT2D eigenvalue weighted by Gasteiger charge is 2.15. The van der Waals surface area contributed by atoms with Crippen LogP contribution in [-0.4, -0.2) is 4.92 Å². The number of fused-ring (bicyclic) bond motifs is 3. The smallest absolute Gasteiger partial charge is 0.271 e. The van der Waals surface area contributed by atoms with Crippen LogP contribution in [-0.2, 0) is 0 Å². The standard InChI is InChI=1S/C12H6INO3/c13-10-6-7(14(15)16)5-9-8-3-1-2-4-11(8)17-12(9)10/h1-6H. The zero-order valence-corrected chi connectivity index (χ0v) is 10.7. The third-order valence-electron chi connectivity index (χ3n) is 2.63. The van der Waals surface area contributed by atoms with Crippen molar-refractivity contribution in [1.29, 1.82) is 0 Å². The second-order valence-electron chi connectivity index (χ2n) is 3.66. The molecule has 17 heavy (non-hydrogen) atoms. The first-order valence-electron chi connectivity index (χ1n) is 4.92. The van der Waals surface area contributed by atoms with E-state index in [1.807, 2.05) is 24.3 Å². The topological polar surface area (TPSA) is 56.3 Å². The van der Waals surface area contributed by atoms with E-state index in [1.54, 1.807) is 6.07 Å². The molecule has 84 valence electrons. The van der Waals surface area contributed by atoms with Crippen molar-refractivity contribution in [2.75, 3.05) is 0 Å². The van der Waals surface area contributed by atoms with Crippen molar-refractivity contribution < 1.29 is 9.34 Å². The van der Waals surface area contributed by atoms with Gasteiger partial charge >= 0.3 is 0 Å². The first kappa shape index (κ1) is 10.5. The molecule has 0 aliphatic heterocycles. The Hall–Kier alpha value is -1.63. The summed E-state index contributed by atoms with van der Waals surface area (Å²) in [4.78, 5) is 10.4. The van der Waals surface area contributed by atoms with E-state index in [4.69, 9.17) is 4.42 Å². The summed E-state index contributed by atoms with van der Waals surface area (Å²) in [6.07, 6.45) is 0. The van der Waals surface area contributed by atoms with Crippen molar-refractivity contribution in [2.45, 2.75) is 0 Å². The van der Waals surface area contributed by atoms with Gasteiger partial charge in [0.1, 0.15) is 11.2 Å². The number of para-hydroxylation sites is 1. The molecule has 0 amide bonds. The van der Waals surface area contributed by atoms with Crippen molar-refractivity contribution in [3.8, 4) is 0 Å². The van der Waals surface area contributed by atoms with E-state index in [0.717, 1.165) is 19.9 Å². The van der Waals surface area contributed by atoms with E-state index in [2.05, 4.69) is 22.6 Å². The molecule has 3 aromatic rings. The number of halogens is 1. The van der Waals surface area contributed by atoms with Crippen LogP contribution < -0.4 is 0 Å². The van der Waals surface area contributed by atoms with Crippen LogP contribution in [0.5, 0.6) is 0 Å². The van der Waals surface area contributed by atoms with Gasteiger partial charge in [-0.2, -0.15) is 0 Å². The van der Waals surface area contributed by atoms with Gasteiger partial charge in [-0.25, -0.2) is 0 Å². The highest BCUT2D eigenvalue weighted by Crippen LogP contribution is 2.34. The molecule has 0 bridgehead atoms. The predicted octanol–water partition coefficient (Wildman–Crippen LogP) is 4.10. The molecule has 0 aliphatic carbocycles. The number of rotatable bonds is 1. The van der Waals surface area contributed by atoms with Crippen LogP contribution in [0.15, 0.2) is 40.8 Å². The first-order valence-corrected chi connectivity index (χ1v) is 6.00. The minimum atomic E-state index is -0.386. The number of nitro groups is 1. The van der Waals surface area contributed by atoms with Gasteiger partial charge in [0.25, 0.3) is 5.69 Å². The molecule has 1 heterocycles. The molecule has 0 N–H and O–H groups in total. The summed E-state index contributed by atoms with van der Waals surface area (Å²) in [5.41, 5.74) is 1.55. The van der Waals surface area contributed by atoms with E-state index in [-0.39, 0.29) is 10.6 Å². The molecule has 2 aromatic carbocycles. The molecule has 0 saturated carbocycles. The predicted molar refractivity (Wildman–Crippen MR) is 73.1 cm³/mol. The molecular formula is C12H6INO3. The molecule has 0 spiro atoms. The minimum absolute atomic E-state index is 0.0912. The van der Waals surface area contributed by atoms with Crippen LogP contribution in [0.1, 0.15) is 0 Å². The van der Waals surface area contributed by atoms with Crippen LogP contribution in [0.4, 0.5) is 5.69 Å². The maximum absolute atomic E-state index is 10.8. The minimum Gasteiger partial charge on any atom is -0.455 e. The lowest BCUT2D eigenvalue weighted by Gasteiger charge is -1.94. The third-order valence-corrected chi connectivity index (χ3v) is 3.43. The Balaban J connectivity index is 2.50. The van der Waals surface area contributed by atoms with Gasteiger partial charge in [-0.15, -0.1) is 0 Å². The van der Waals surface area contributed by atoms with Crippen molar-refractivity contribution >= 4 is 50.2 Å². The van der Waals surface area contributed by atoms with Crippen LogP contribution in [0, 0.1) is 13.7 Å². The van der Waals surface area contributed by atoms with Gasteiger partial charge in [0.05, 0.1) is 8.49 Å². The van der Waals surface area contributed by atoms with Gasteiger partial charge in [-0.05, 0) is 28.7 Å². The average Bonchev–Trinajstić information content (AvgIpc) is 2.68. The van der Waals surface area contributed by atoms with Crippen LogP contribution in [0.3, 0.4) is 0 Å². The molecule has 3 rings (SSSR count). The second-order valence-corrected chi connectivity index (χ2v) is 4.82. The number of nitro benzene ring substituents is 1. The Morgan fingerprint density at radius 1 is 1.18 bits per heavy atom. The number of furan rings is 1. The van der Waals surface area contributed by atoms with Crippen LogP contribution in [0.2, 0.25) is 0 Å². The van der Waals surface area contributed by atoms with E-state index in [1.165, 1.54) is 6.07 Å².